The Morgan fingerprint density at radius 2 is 2.03 bits per heavy atom. The molecule has 0 spiro atoms. The van der Waals surface area contributed by atoms with Crippen LogP contribution in [0.4, 0.5) is 10.6 Å². The van der Waals surface area contributed by atoms with E-state index in [1.807, 2.05) is 35.2 Å². The first-order chi connectivity index (χ1) is 14.0. The number of carbonyl (C=O) groups excluding carboxylic acids is 2. The number of aryl methyl sites for hydroxylation is 1. The van der Waals surface area contributed by atoms with Crippen LogP contribution < -0.4 is 15.5 Å². The number of aromatic nitrogens is 1. The smallest absolute Gasteiger partial charge is 0.340 e. The summed E-state index contributed by atoms with van der Waals surface area (Å²) in [6.45, 7) is 5.23. The lowest BCUT2D eigenvalue weighted by Gasteiger charge is -2.40. The molecular weight excluding hydrogens is 370 g/mol. The Hall–Kier alpha value is -3.60. The lowest BCUT2D eigenvalue weighted by molar-refractivity contribution is 0.0525. The van der Waals surface area contributed by atoms with Crippen LogP contribution in [0.15, 0.2) is 36.4 Å². The van der Waals surface area contributed by atoms with Crippen molar-refractivity contribution in [3.05, 3.63) is 58.8 Å². The summed E-state index contributed by atoms with van der Waals surface area (Å²) >= 11 is 0. The van der Waals surface area contributed by atoms with Gasteiger partial charge in [-0.3, -0.25) is 0 Å². The number of nitrogens with zero attached hydrogens (tertiary/aromatic N) is 3. The van der Waals surface area contributed by atoms with E-state index < -0.39 is 5.97 Å². The fourth-order valence-corrected chi connectivity index (χ4v) is 3.09. The third-order valence-electron chi connectivity index (χ3n) is 4.62. The number of esters is 1. The van der Waals surface area contributed by atoms with Gasteiger partial charge in [-0.05, 0) is 25.5 Å². The Morgan fingerprint density at radius 1 is 1.31 bits per heavy atom. The van der Waals surface area contributed by atoms with Crippen molar-refractivity contribution in [1.29, 1.82) is 5.26 Å². The fraction of sp³-hybridized carbons (Fsp3) is 0.333. The van der Waals surface area contributed by atoms with Crippen LogP contribution in [0.5, 0.6) is 0 Å². The average Bonchev–Trinajstić information content (AvgIpc) is 2.69. The van der Waals surface area contributed by atoms with Gasteiger partial charge in [0.15, 0.2) is 0 Å². The van der Waals surface area contributed by atoms with Crippen LogP contribution in [0, 0.1) is 18.3 Å². The molecule has 2 N–H and O–H groups in total. The summed E-state index contributed by atoms with van der Waals surface area (Å²) in [7, 11) is 0. The standard InChI is InChI=1S/C21H23N5O3/c1-3-29-20(27)18-9-16(10-22)19(24-14(18)2)26-12-17(13-26)25-21(28)23-11-15-7-5-4-6-8-15/h4-9,17H,3,11-13H2,1-2H3,(H2,23,25,28). The molecule has 2 heterocycles. The number of hydrogen-bond acceptors (Lipinski definition) is 6. The number of anilines is 1. The zero-order valence-electron chi connectivity index (χ0n) is 16.4. The number of urea groups is 1. The Labute approximate surface area is 169 Å². The van der Waals surface area contributed by atoms with E-state index in [1.54, 1.807) is 13.8 Å². The Bertz CT molecular complexity index is 933. The number of nitrogens with one attached hydrogen (secondary N) is 2. The summed E-state index contributed by atoms with van der Waals surface area (Å²) in [6.07, 6.45) is 0. The molecule has 0 bridgehead atoms. The quantitative estimate of drug-likeness (QED) is 0.728. The molecule has 1 aliphatic heterocycles. The number of rotatable bonds is 6. The SMILES string of the molecule is CCOC(=O)c1cc(C#N)c(N2CC(NC(=O)NCc3ccccc3)C2)nc1C. The van der Waals surface area contributed by atoms with Crippen molar-refractivity contribution in [2.24, 2.45) is 0 Å². The average molecular weight is 393 g/mol. The number of benzene rings is 1. The number of hydrogen-bond donors (Lipinski definition) is 2. The highest BCUT2D eigenvalue weighted by atomic mass is 16.5. The topological polar surface area (TPSA) is 107 Å². The van der Waals surface area contributed by atoms with E-state index >= 15 is 0 Å². The van der Waals surface area contributed by atoms with Crippen LogP contribution >= 0.6 is 0 Å². The first-order valence-corrected chi connectivity index (χ1v) is 9.44. The van der Waals surface area contributed by atoms with E-state index in [9.17, 15) is 14.9 Å². The van der Waals surface area contributed by atoms with Crippen LogP contribution in [0.1, 0.15) is 34.1 Å². The summed E-state index contributed by atoms with van der Waals surface area (Å²) in [5.41, 5.74) is 2.14. The van der Waals surface area contributed by atoms with Gasteiger partial charge < -0.3 is 20.3 Å². The van der Waals surface area contributed by atoms with Gasteiger partial charge in [0, 0.05) is 19.6 Å². The van der Waals surface area contributed by atoms with Gasteiger partial charge in [-0.1, -0.05) is 30.3 Å². The molecule has 0 atom stereocenters. The second-order valence-corrected chi connectivity index (χ2v) is 6.74. The first-order valence-electron chi connectivity index (χ1n) is 9.44. The van der Waals surface area contributed by atoms with Crippen molar-refractivity contribution in [2.75, 3.05) is 24.6 Å². The Morgan fingerprint density at radius 3 is 2.69 bits per heavy atom. The normalized spacial score (nSPS) is 13.2. The van der Waals surface area contributed by atoms with Crippen molar-refractivity contribution in [3.63, 3.8) is 0 Å². The van der Waals surface area contributed by atoms with Gasteiger partial charge in [0.1, 0.15) is 11.9 Å². The lowest BCUT2D eigenvalue weighted by Crippen LogP contribution is -2.61. The van der Waals surface area contributed by atoms with Crippen molar-refractivity contribution in [3.8, 4) is 6.07 Å². The fourth-order valence-electron chi connectivity index (χ4n) is 3.09. The van der Waals surface area contributed by atoms with E-state index in [0.717, 1.165) is 5.56 Å². The van der Waals surface area contributed by atoms with Gasteiger partial charge in [0.25, 0.3) is 0 Å². The molecule has 8 heteroatoms. The molecule has 0 saturated carbocycles. The highest BCUT2D eigenvalue weighted by molar-refractivity contribution is 5.91. The van der Waals surface area contributed by atoms with Gasteiger partial charge in [-0.2, -0.15) is 5.26 Å². The molecule has 0 aliphatic carbocycles. The summed E-state index contributed by atoms with van der Waals surface area (Å²) in [5, 5.41) is 15.2. The van der Waals surface area contributed by atoms with E-state index in [2.05, 4.69) is 21.7 Å². The maximum absolute atomic E-state index is 12.1. The maximum Gasteiger partial charge on any atom is 0.340 e. The summed E-state index contributed by atoms with van der Waals surface area (Å²) in [6, 6.07) is 13.0. The number of nitriles is 1. The van der Waals surface area contributed by atoms with E-state index in [1.165, 1.54) is 6.07 Å². The molecule has 0 unspecified atom stereocenters. The minimum Gasteiger partial charge on any atom is -0.462 e. The second kappa shape index (κ2) is 9.06. The summed E-state index contributed by atoms with van der Waals surface area (Å²) in [5.74, 6) is 0.0274. The van der Waals surface area contributed by atoms with Crippen LogP contribution in [-0.2, 0) is 11.3 Å². The zero-order valence-corrected chi connectivity index (χ0v) is 16.4. The van der Waals surface area contributed by atoms with Gasteiger partial charge >= 0.3 is 12.0 Å². The van der Waals surface area contributed by atoms with Gasteiger partial charge in [0.2, 0.25) is 0 Å². The van der Waals surface area contributed by atoms with Crippen molar-refractivity contribution >= 4 is 17.8 Å². The molecular formula is C21H23N5O3. The minimum absolute atomic E-state index is 0.0378. The molecule has 1 saturated heterocycles. The third kappa shape index (κ3) is 4.82. The van der Waals surface area contributed by atoms with Crippen molar-refractivity contribution in [1.82, 2.24) is 15.6 Å². The van der Waals surface area contributed by atoms with Crippen molar-refractivity contribution in [2.45, 2.75) is 26.4 Å². The molecule has 1 aromatic carbocycles. The number of ether oxygens (including phenoxy) is 1. The monoisotopic (exact) mass is 393 g/mol. The molecule has 1 fully saturated rings. The first kappa shape index (κ1) is 20.1. The van der Waals surface area contributed by atoms with Crippen LogP contribution in [0.3, 0.4) is 0 Å². The molecule has 3 rings (SSSR count). The second-order valence-electron chi connectivity index (χ2n) is 6.74. The predicted octanol–water partition coefficient (Wildman–Crippen LogP) is 2.13. The van der Waals surface area contributed by atoms with Crippen LogP contribution in [0.2, 0.25) is 0 Å². The lowest BCUT2D eigenvalue weighted by atomic mass is 10.1. The number of carbonyl (C=O) groups is 2. The number of pyridine rings is 1. The van der Waals surface area contributed by atoms with E-state index in [4.69, 9.17) is 4.74 Å². The van der Waals surface area contributed by atoms with E-state index in [0.29, 0.717) is 42.3 Å². The van der Waals surface area contributed by atoms with Gasteiger partial charge in [-0.15, -0.1) is 0 Å². The molecule has 1 aliphatic rings. The highest BCUT2D eigenvalue weighted by Crippen LogP contribution is 2.25. The molecule has 29 heavy (non-hydrogen) atoms. The molecule has 2 aromatic rings. The third-order valence-corrected chi connectivity index (χ3v) is 4.62. The van der Waals surface area contributed by atoms with Crippen LogP contribution in [0.25, 0.3) is 0 Å². The molecule has 1 aromatic heterocycles. The predicted molar refractivity (Wildman–Crippen MR) is 107 cm³/mol. The largest absolute Gasteiger partial charge is 0.462 e. The zero-order chi connectivity index (χ0) is 20.8. The molecule has 150 valence electrons. The maximum atomic E-state index is 12.1. The van der Waals surface area contributed by atoms with E-state index in [-0.39, 0.29) is 18.7 Å². The Balaban J connectivity index is 1.56. The van der Waals surface area contributed by atoms with Gasteiger partial charge in [0.05, 0.1) is 29.5 Å². The van der Waals surface area contributed by atoms with Gasteiger partial charge in [-0.25, -0.2) is 14.6 Å². The molecule has 2 amide bonds. The highest BCUT2D eigenvalue weighted by Gasteiger charge is 2.31. The summed E-state index contributed by atoms with van der Waals surface area (Å²) < 4.78 is 5.01. The molecule has 8 nitrogen and oxygen atoms in total. The summed E-state index contributed by atoms with van der Waals surface area (Å²) in [4.78, 5) is 30.4. The Kier molecular flexibility index (Phi) is 6.29. The molecule has 0 radical (unpaired) electrons. The number of amides is 2. The van der Waals surface area contributed by atoms with Crippen molar-refractivity contribution < 1.29 is 14.3 Å². The minimum atomic E-state index is -0.487. The van der Waals surface area contributed by atoms with Crippen LogP contribution in [-0.4, -0.2) is 42.7 Å².